The van der Waals surface area contributed by atoms with Crippen molar-refractivity contribution in [2.24, 2.45) is 11.8 Å². The molecule has 0 unspecified atom stereocenters. The highest BCUT2D eigenvalue weighted by Crippen LogP contribution is 2.39. The zero-order valence-corrected chi connectivity index (χ0v) is 15.3. The van der Waals surface area contributed by atoms with E-state index in [4.69, 9.17) is 4.74 Å². The van der Waals surface area contributed by atoms with Gasteiger partial charge in [-0.25, -0.2) is 17.2 Å². The molecule has 1 fully saturated rings. The number of ether oxygens (including phenoxy) is 1. The first-order valence-corrected chi connectivity index (χ1v) is 9.93. The van der Waals surface area contributed by atoms with Gasteiger partial charge < -0.3 is 4.74 Å². The highest BCUT2D eigenvalue weighted by Gasteiger charge is 2.36. The van der Waals surface area contributed by atoms with Gasteiger partial charge in [0, 0.05) is 11.5 Å². The number of allylic oxidation sites excluding steroid dienone is 1. The molecule has 0 amide bonds. The average Bonchev–Trinajstić information content (AvgIpc) is 2.51. The Morgan fingerprint density at radius 1 is 1.28 bits per heavy atom. The standard InChI is InChI=1S/C16H23F2N3O3S/c1-16(17,18)13-8-5-11(6-9-13)4-7-12-10-14(21-25(3,22)23)19-20-15(12)24-2/h4,7,10-11,13H,5-6,8-9H2,1-3H3,(H,19,21)/b7-4+. The van der Waals surface area contributed by atoms with Crippen molar-refractivity contribution in [3.05, 3.63) is 17.7 Å². The molecule has 0 aromatic carbocycles. The van der Waals surface area contributed by atoms with Crippen molar-refractivity contribution in [2.45, 2.75) is 38.5 Å². The van der Waals surface area contributed by atoms with Crippen LogP contribution in [0, 0.1) is 11.8 Å². The lowest BCUT2D eigenvalue weighted by atomic mass is 9.79. The largest absolute Gasteiger partial charge is 0.479 e. The topological polar surface area (TPSA) is 81.2 Å². The Hall–Kier alpha value is -1.77. The van der Waals surface area contributed by atoms with Crippen molar-refractivity contribution in [3.63, 3.8) is 0 Å². The number of anilines is 1. The first-order chi connectivity index (χ1) is 11.6. The summed E-state index contributed by atoms with van der Waals surface area (Å²) < 4.78 is 56.7. The quantitative estimate of drug-likeness (QED) is 0.825. The van der Waals surface area contributed by atoms with Gasteiger partial charge in [0.05, 0.1) is 13.4 Å². The third-order valence-corrected chi connectivity index (χ3v) is 4.89. The number of nitrogens with one attached hydrogen (secondary N) is 1. The molecule has 9 heteroatoms. The second kappa shape index (κ2) is 7.63. The number of hydrogen-bond acceptors (Lipinski definition) is 5. The molecule has 1 heterocycles. The summed E-state index contributed by atoms with van der Waals surface area (Å²) in [5, 5.41) is 7.58. The fraction of sp³-hybridized carbons (Fsp3) is 0.625. The molecule has 1 N–H and O–H groups in total. The Kier molecular flexibility index (Phi) is 5.97. The summed E-state index contributed by atoms with van der Waals surface area (Å²) in [6.45, 7) is 0.984. The van der Waals surface area contributed by atoms with Crippen LogP contribution in [0.5, 0.6) is 5.88 Å². The molecule has 0 atom stereocenters. The number of alkyl halides is 2. The van der Waals surface area contributed by atoms with E-state index in [1.807, 2.05) is 6.08 Å². The maximum absolute atomic E-state index is 13.4. The van der Waals surface area contributed by atoms with Crippen LogP contribution in [0.4, 0.5) is 14.6 Å². The molecule has 140 valence electrons. The van der Waals surface area contributed by atoms with E-state index >= 15 is 0 Å². The SMILES string of the molecule is COc1nnc(NS(C)(=O)=O)cc1/C=C/C1CCC(C(C)(F)F)CC1. The minimum Gasteiger partial charge on any atom is -0.479 e. The fourth-order valence-electron chi connectivity index (χ4n) is 2.97. The maximum atomic E-state index is 13.4. The van der Waals surface area contributed by atoms with Crippen LogP contribution in [-0.2, 0) is 10.0 Å². The van der Waals surface area contributed by atoms with Crippen LogP contribution in [0.3, 0.4) is 0 Å². The molecular weight excluding hydrogens is 352 g/mol. The molecule has 0 saturated heterocycles. The van der Waals surface area contributed by atoms with E-state index in [0.717, 1.165) is 13.2 Å². The summed E-state index contributed by atoms with van der Waals surface area (Å²) in [4.78, 5) is 0. The Bertz CT molecular complexity index is 725. The Morgan fingerprint density at radius 2 is 1.92 bits per heavy atom. The van der Waals surface area contributed by atoms with Gasteiger partial charge in [0.2, 0.25) is 21.8 Å². The predicted molar refractivity (Wildman–Crippen MR) is 92.2 cm³/mol. The van der Waals surface area contributed by atoms with Gasteiger partial charge in [-0.2, -0.15) is 0 Å². The molecule has 1 saturated carbocycles. The minimum absolute atomic E-state index is 0.0947. The Labute approximate surface area is 146 Å². The van der Waals surface area contributed by atoms with Crippen LogP contribution in [0.2, 0.25) is 0 Å². The third kappa shape index (κ3) is 5.91. The van der Waals surface area contributed by atoms with Crippen molar-refractivity contribution < 1.29 is 21.9 Å². The summed E-state index contributed by atoms with van der Waals surface area (Å²) >= 11 is 0. The molecule has 1 aliphatic rings. The summed E-state index contributed by atoms with van der Waals surface area (Å²) in [5.41, 5.74) is 0.576. The summed E-state index contributed by atoms with van der Waals surface area (Å²) in [7, 11) is -2.01. The number of sulfonamides is 1. The van der Waals surface area contributed by atoms with E-state index in [2.05, 4.69) is 14.9 Å². The van der Waals surface area contributed by atoms with Crippen LogP contribution in [0.15, 0.2) is 12.1 Å². The van der Waals surface area contributed by atoms with Gasteiger partial charge in [-0.05, 0) is 44.6 Å². The second-order valence-electron chi connectivity index (χ2n) is 6.50. The third-order valence-electron chi connectivity index (χ3n) is 4.31. The average molecular weight is 375 g/mol. The van der Waals surface area contributed by atoms with E-state index in [9.17, 15) is 17.2 Å². The fourth-order valence-corrected chi connectivity index (χ4v) is 3.45. The van der Waals surface area contributed by atoms with Gasteiger partial charge in [-0.15, -0.1) is 10.2 Å². The molecule has 25 heavy (non-hydrogen) atoms. The van der Waals surface area contributed by atoms with Gasteiger partial charge in [0.25, 0.3) is 0 Å². The van der Waals surface area contributed by atoms with Gasteiger partial charge in [0.1, 0.15) is 0 Å². The van der Waals surface area contributed by atoms with Crippen LogP contribution in [0.25, 0.3) is 6.08 Å². The van der Waals surface area contributed by atoms with Crippen LogP contribution < -0.4 is 9.46 Å². The smallest absolute Gasteiger partial charge is 0.248 e. The lowest BCUT2D eigenvalue weighted by Gasteiger charge is -2.30. The molecule has 1 aliphatic carbocycles. The molecule has 1 aromatic heterocycles. The maximum Gasteiger partial charge on any atom is 0.248 e. The van der Waals surface area contributed by atoms with E-state index in [1.165, 1.54) is 13.2 Å². The van der Waals surface area contributed by atoms with Gasteiger partial charge in [-0.1, -0.05) is 12.2 Å². The molecule has 6 nitrogen and oxygen atoms in total. The number of rotatable bonds is 6. The zero-order valence-electron chi connectivity index (χ0n) is 14.5. The molecule has 0 aliphatic heterocycles. The monoisotopic (exact) mass is 375 g/mol. The van der Waals surface area contributed by atoms with Gasteiger partial charge in [-0.3, -0.25) is 4.72 Å². The number of methoxy groups -OCH3 is 1. The summed E-state index contributed by atoms with van der Waals surface area (Å²) in [6.07, 6.45) is 7.11. The van der Waals surface area contributed by atoms with E-state index in [1.54, 1.807) is 6.08 Å². The van der Waals surface area contributed by atoms with E-state index in [-0.39, 0.29) is 17.6 Å². The normalized spacial score (nSPS) is 22.1. The zero-order chi connectivity index (χ0) is 18.7. The van der Waals surface area contributed by atoms with Crippen molar-refractivity contribution in [2.75, 3.05) is 18.1 Å². The number of nitrogens with zero attached hydrogens (tertiary/aromatic N) is 2. The Balaban J connectivity index is 2.08. The second-order valence-corrected chi connectivity index (χ2v) is 8.24. The number of hydrogen-bond donors (Lipinski definition) is 1. The van der Waals surface area contributed by atoms with Crippen molar-refractivity contribution in [1.29, 1.82) is 0 Å². The van der Waals surface area contributed by atoms with E-state index < -0.39 is 21.9 Å². The number of aromatic nitrogens is 2. The molecule has 0 spiro atoms. The van der Waals surface area contributed by atoms with Crippen molar-refractivity contribution >= 4 is 21.9 Å². The van der Waals surface area contributed by atoms with Crippen LogP contribution in [-0.4, -0.2) is 37.9 Å². The molecule has 1 aromatic rings. The van der Waals surface area contributed by atoms with E-state index in [0.29, 0.717) is 31.2 Å². The highest BCUT2D eigenvalue weighted by atomic mass is 32.2. The lowest BCUT2D eigenvalue weighted by molar-refractivity contribution is -0.0558. The van der Waals surface area contributed by atoms with Crippen molar-refractivity contribution in [3.8, 4) is 5.88 Å². The Morgan fingerprint density at radius 3 is 2.44 bits per heavy atom. The van der Waals surface area contributed by atoms with Gasteiger partial charge in [0.15, 0.2) is 5.82 Å². The molecule has 0 bridgehead atoms. The van der Waals surface area contributed by atoms with Crippen molar-refractivity contribution in [1.82, 2.24) is 10.2 Å². The molecule has 2 rings (SSSR count). The number of halogens is 2. The summed E-state index contributed by atoms with van der Waals surface area (Å²) in [5.74, 6) is -2.62. The van der Waals surface area contributed by atoms with Crippen LogP contribution >= 0.6 is 0 Å². The summed E-state index contributed by atoms with van der Waals surface area (Å²) in [6, 6.07) is 1.52. The van der Waals surface area contributed by atoms with Gasteiger partial charge >= 0.3 is 0 Å². The highest BCUT2D eigenvalue weighted by molar-refractivity contribution is 7.92. The predicted octanol–water partition coefficient (Wildman–Crippen LogP) is 3.33. The first-order valence-electron chi connectivity index (χ1n) is 8.04. The first kappa shape index (κ1) is 19.6. The minimum atomic E-state index is -3.46. The lowest BCUT2D eigenvalue weighted by Crippen LogP contribution is -2.28. The molecular formula is C16H23F2N3O3S. The molecule has 0 radical (unpaired) electrons. The van der Waals surface area contributed by atoms with Crippen LogP contribution in [0.1, 0.15) is 38.2 Å².